The first-order valence-corrected chi connectivity index (χ1v) is 7.87. The van der Waals surface area contributed by atoms with E-state index in [2.05, 4.69) is 0 Å². The molecule has 0 aromatic heterocycles. The van der Waals surface area contributed by atoms with Crippen LogP contribution >= 0.6 is 0 Å². The van der Waals surface area contributed by atoms with Crippen molar-refractivity contribution in [2.75, 3.05) is 20.0 Å². The molecule has 3 atom stereocenters. The van der Waals surface area contributed by atoms with Gasteiger partial charge in [0.2, 0.25) is 0 Å². The lowest BCUT2D eigenvalue weighted by Gasteiger charge is -2.11. The summed E-state index contributed by atoms with van der Waals surface area (Å²) in [7, 11) is -2.29. The highest BCUT2D eigenvalue weighted by Gasteiger charge is 2.75. The minimum absolute atomic E-state index is 0.235. The zero-order chi connectivity index (χ0) is 15.1. The summed E-state index contributed by atoms with van der Waals surface area (Å²) in [6.07, 6.45) is 0.990. The van der Waals surface area contributed by atoms with E-state index in [0.717, 1.165) is 6.26 Å². The lowest BCUT2D eigenvalue weighted by molar-refractivity contribution is -0.145. The fourth-order valence-corrected chi connectivity index (χ4v) is 4.83. The Morgan fingerprint density at radius 2 is 2.15 bits per heavy atom. The number of carboxylic acids is 1. The van der Waals surface area contributed by atoms with E-state index in [1.54, 1.807) is 0 Å². The van der Waals surface area contributed by atoms with Gasteiger partial charge in [0.1, 0.15) is 11.2 Å². The van der Waals surface area contributed by atoms with Crippen LogP contribution in [0, 0.1) is 11.2 Å². The van der Waals surface area contributed by atoms with Crippen LogP contribution in [0.3, 0.4) is 0 Å². The van der Waals surface area contributed by atoms with Crippen molar-refractivity contribution in [3.8, 4) is 0 Å². The molecule has 0 heterocycles. The third kappa shape index (κ3) is 2.20. The van der Waals surface area contributed by atoms with E-state index in [-0.39, 0.29) is 6.61 Å². The summed E-state index contributed by atoms with van der Waals surface area (Å²) in [6.45, 7) is -0.235. The maximum absolute atomic E-state index is 13.3. The first-order chi connectivity index (χ1) is 9.25. The van der Waals surface area contributed by atoms with Gasteiger partial charge in [-0.3, -0.25) is 4.79 Å². The second-order valence-electron chi connectivity index (χ2n) is 5.06. The summed E-state index contributed by atoms with van der Waals surface area (Å²) in [5.41, 5.74) is -1.18. The molecular formula is C13H15FO5S. The van der Waals surface area contributed by atoms with Crippen LogP contribution in [0.5, 0.6) is 0 Å². The van der Waals surface area contributed by atoms with Gasteiger partial charge in [-0.25, -0.2) is 12.8 Å². The van der Waals surface area contributed by atoms with Crippen molar-refractivity contribution in [2.45, 2.75) is 11.2 Å². The first-order valence-electron chi connectivity index (χ1n) is 5.92. The number of halogens is 1. The Balaban J connectivity index is 2.53. The Bertz CT molecular complexity index is 642. The highest BCUT2D eigenvalue weighted by Crippen LogP contribution is 2.63. The summed E-state index contributed by atoms with van der Waals surface area (Å²) in [4.78, 5) is 11.6. The summed E-state index contributed by atoms with van der Waals surface area (Å²) < 4.78 is 41.9. The van der Waals surface area contributed by atoms with E-state index in [9.17, 15) is 22.7 Å². The van der Waals surface area contributed by atoms with Crippen molar-refractivity contribution < 1.29 is 27.4 Å². The van der Waals surface area contributed by atoms with Gasteiger partial charge in [-0.2, -0.15) is 0 Å². The van der Waals surface area contributed by atoms with E-state index < -0.39 is 38.2 Å². The maximum atomic E-state index is 13.3. The van der Waals surface area contributed by atoms with E-state index >= 15 is 0 Å². The van der Waals surface area contributed by atoms with Gasteiger partial charge in [0.05, 0.1) is 11.9 Å². The maximum Gasteiger partial charge on any atom is 0.314 e. The summed E-state index contributed by atoms with van der Waals surface area (Å²) in [5.74, 6) is -2.58. The van der Waals surface area contributed by atoms with Crippen LogP contribution in [0.2, 0.25) is 0 Å². The molecule has 0 amide bonds. The van der Waals surface area contributed by atoms with Crippen molar-refractivity contribution >= 4 is 15.8 Å². The molecule has 1 fully saturated rings. The number of ether oxygens (including phenoxy) is 1. The Hall–Kier alpha value is -1.47. The number of carboxylic acid groups (broad SMARTS) is 1. The number of hydrogen-bond donors (Lipinski definition) is 1. The van der Waals surface area contributed by atoms with Gasteiger partial charge in [-0.05, 0) is 17.7 Å². The zero-order valence-corrected chi connectivity index (χ0v) is 11.9. The normalized spacial score (nSPS) is 29.1. The lowest BCUT2D eigenvalue weighted by Crippen LogP contribution is -2.28. The molecule has 1 aromatic carbocycles. The summed E-state index contributed by atoms with van der Waals surface area (Å²) >= 11 is 0. The minimum Gasteiger partial charge on any atom is -0.481 e. The van der Waals surface area contributed by atoms with Gasteiger partial charge >= 0.3 is 5.97 Å². The highest BCUT2D eigenvalue weighted by molar-refractivity contribution is 7.91. The number of carbonyl (C=O) groups is 1. The van der Waals surface area contributed by atoms with E-state index in [1.165, 1.54) is 31.4 Å². The van der Waals surface area contributed by atoms with Crippen LogP contribution in [-0.2, 0) is 19.4 Å². The van der Waals surface area contributed by atoms with Gasteiger partial charge in [-0.1, -0.05) is 12.1 Å². The molecule has 1 saturated carbocycles. The predicted octanol–water partition coefficient (Wildman–Crippen LogP) is 1.05. The third-order valence-electron chi connectivity index (χ3n) is 3.71. The Morgan fingerprint density at radius 3 is 2.60 bits per heavy atom. The molecule has 0 spiro atoms. The minimum atomic E-state index is -3.60. The quantitative estimate of drug-likeness (QED) is 0.879. The second-order valence-corrected chi connectivity index (χ2v) is 7.23. The number of benzene rings is 1. The van der Waals surface area contributed by atoms with Crippen molar-refractivity contribution in [2.24, 2.45) is 5.41 Å². The molecule has 1 aliphatic rings. The topological polar surface area (TPSA) is 80.7 Å². The molecule has 1 N–H and O–H groups in total. The molecule has 110 valence electrons. The number of sulfone groups is 1. The Labute approximate surface area is 116 Å². The fourth-order valence-electron chi connectivity index (χ4n) is 2.93. The fraction of sp³-hybridized carbons (Fsp3) is 0.462. The number of methoxy groups -OCH3 is 1. The van der Waals surface area contributed by atoms with Gasteiger partial charge in [0.25, 0.3) is 0 Å². The van der Waals surface area contributed by atoms with E-state index in [4.69, 9.17) is 4.74 Å². The average Bonchev–Trinajstić information content (AvgIpc) is 3.00. The molecular weight excluding hydrogens is 287 g/mol. The molecule has 0 unspecified atom stereocenters. The molecule has 0 radical (unpaired) electrons. The van der Waals surface area contributed by atoms with Gasteiger partial charge < -0.3 is 9.84 Å². The van der Waals surface area contributed by atoms with Crippen molar-refractivity contribution in [3.05, 3.63) is 35.6 Å². The summed E-state index contributed by atoms with van der Waals surface area (Å²) in [6, 6.07) is 5.36. The van der Waals surface area contributed by atoms with Crippen LogP contribution in [-0.4, -0.2) is 44.7 Å². The van der Waals surface area contributed by atoms with Crippen LogP contribution in [0.1, 0.15) is 11.5 Å². The molecule has 0 saturated heterocycles. The molecule has 2 rings (SSSR count). The van der Waals surface area contributed by atoms with Crippen LogP contribution < -0.4 is 0 Å². The standard InChI is InChI=1S/C13H15FO5S/c1-19-7-13(12(15)16)10(11(13)20(2,17)18)8-4-3-5-9(14)6-8/h3-6,10-11H,7H2,1-2H3,(H,15,16)/t10-,11+,13+/m1/s1. The predicted molar refractivity (Wildman–Crippen MR) is 69.7 cm³/mol. The molecule has 0 aliphatic heterocycles. The smallest absolute Gasteiger partial charge is 0.314 e. The van der Waals surface area contributed by atoms with Crippen molar-refractivity contribution in [3.63, 3.8) is 0 Å². The van der Waals surface area contributed by atoms with E-state index in [0.29, 0.717) is 5.56 Å². The van der Waals surface area contributed by atoms with Gasteiger partial charge in [0, 0.05) is 19.3 Å². The highest BCUT2D eigenvalue weighted by atomic mass is 32.2. The zero-order valence-electron chi connectivity index (χ0n) is 11.0. The van der Waals surface area contributed by atoms with Crippen molar-refractivity contribution in [1.82, 2.24) is 0 Å². The average molecular weight is 302 g/mol. The number of hydrogen-bond acceptors (Lipinski definition) is 4. The molecule has 7 heteroatoms. The second kappa shape index (κ2) is 4.82. The third-order valence-corrected chi connectivity index (χ3v) is 5.32. The Morgan fingerprint density at radius 1 is 1.50 bits per heavy atom. The Kier molecular flexibility index (Phi) is 3.60. The monoisotopic (exact) mass is 302 g/mol. The van der Waals surface area contributed by atoms with Crippen LogP contribution in [0.25, 0.3) is 0 Å². The number of rotatable bonds is 5. The molecule has 0 bridgehead atoms. The lowest BCUT2D eigenvalue weighted by atomic mass is 10.00. The van der Waals surface area contributed by atoms with Gasteiger partial charge in [0.15, 0.2) is 9.84 Å². The van der Waals surface area contributed by atoms with Crippen LogP contribution in [0.4, 0.5) is 4.39 Å². The largest absolute Gasteiger partial charge is 0.481 e. The molecule has 1 aliphatic carbocycles. The molecule has 5 nitrogen and oxygen atoms in total. The van der Waals surface area contributed by atoms with Crippen LogP contribution in [0.15, 0.2) is 24.3 Å². The number of aliphatic carboxylic acids is 1. The van der Waals surface area contributed by atoms with Gasteiger partial charge in [-0.15, -0.1) is 0 Å². The molecule has 1 aromatic rings. The first kappa shape index (κ1) is 14.9. The molecule has 20 heavy (non-hydrogen) atoms. The van der Waals surface area contributed by atoms with Crippen molar-refractivity contribution in [1.29, 1.82) is 0 Å². The summed E-state index contributed by atoms with van der Waals surface area (Å²) in [5, 5.41) is 8.33. The van der Waals surface area contributed by atoms with E-state index in [1.807, 2.05) is 0 Å². The SMILES string of the molecule is COC[C@]1(C(=O)O)[C@H](c2cccc(F)c2)[C@@H]1S(C)(=O)=O.